The van der Waals surface area contributed by atoms with E-state index < -0.39 is 10.8 Å². The number of nitrogens with one attached hydrogen (secondary N) is 1. The Labute approximate surface area is 133 Å². The predicted molar refractivity (Wildman–Crippen MR) is 88.0 cm³/mol. The molecular weight excluding hydrogens is 296 g/mol. The van der Waals surface area contributed by atoms with E-state index in [0.717, 1.165) is 5.56 Å². The van der Waals surface area contributed by atoms with E-state index in [9.17, 15) is 20.0 Å². The quantitative estimate of drug-likeness (QED) is 0.659. The smallest absolute Gasteiger partial charge is 0.269 e. The van der Waals surface area contributed by atoms with E-state index in [4.69, 9.17) is 0 Å². The molecule has 0 atom stereocenters. The third-order valence-electron chi connectivity index (χ3n) is 3.60. The molecule has 0 aromatic heterocycles. The maximum atomic E-state index is 12.4. The van der Waals surface area contributed by atoms with Crippen molar-refractivity contribution in [3.05, 3.63) is 63.2 Å². The zero-order valence-corrected chi connectivity index (χ0v) is 13.2. The molecule has 2 N–H and O–H groups in total. The van der Waals surface area contributed by atoms with Crippen LogP contribution in [0.4, 0.5) is 11.4 Å². The van der Waals surface area contributed by atoms with Crippen molar-refractivity contribution >= 4 is 17.3 Å². The fourth-order valence-electron chi connectivity index (χ4n) is 2.19. The number of nitrogens with zero attached hydrogens (tertiary/aromatic N) is 1. The van der Waals surface area contributed by atoms with Crippen molar-refractivity contribution in [1.82, 2.24) is 0 Å². The molecule has 6 nitrogen and oxygen atoms in total. The number of hydrogen-bond acceptors (Lipinski definition) is 4. The van der Waals surface area contributed by atoms with Crippen LogP contribution in [0.15, 0.2) is 36.4 Å². The molecule has 2 aromatic rings. The number of amides is 1. The van der Waals surface area contributed by atoms with Crippen molar-refractivity contribution in [2.24, 2.45) is 0 Å². The van der Waals surface area contributed by atoms with E-state index in [1.54, 1.807) is 19.1 Å². The second-order valence-corrected chi connectivity index (χ2v) is 5.64. The molecule has 0 aliphatic rings. The van der Waals surface area contributed by atoms with Gasteiger partial charge in [0.2, 0.25) is 0 Å². The Morgan fingerprint density at radius 2 is 1.91 bits per heavy atom. The molecule has 23 heavy (non-hydrogen) atoms. The summed E-state index contributed by atoms with van der Waals surface area (Å²) in [7, 11) is 0. The van der Waals surface area contributed by atoms with Gasteiger partial charge < -0.3 is 10.4 Å². The number of anilines is 1. The van der Waals surface area contributed by atoms with Crippen LogP contribution in [0.2, 0.25) is 0 Å². The van der Waals surface area contributed by atoms with E-state index >= 15 is 0 Å². The van der Waals surface area contributed by atoms with Crippen molar-refractivity contribution in [3.8, 4) is 5.75 Å². The molecule has 0 aliphatic heterocycles. The Kier molecular flexibility index (Phi) is 4.64. The average molecular weight is 314 g/mol. The summed E-state index contributed by atoms with van der Waals surface area (Å²) >= 11 is 0. The lowest BCUT2D eigenvalue weighted by Gasteiger charge is -2.12. The molecule has 0 unspecified atom stereocenters. The lowest BCUT2D eigenvalue weighted by atomic mass is 10.00. The second-order valence-electron chi connectivity index (χ2n) is 5.64. The number of carbonyl (C=O) groups excluding carboxylic acids is 1. The van der Waals surface area contributed by atoms with Gasteiger partial charge in [0.1, 0.15) is 5.75 Å². The molecule has 0 saturated carbocycles. The Hall–Kier alpha value is -2.89. The fraction of sp³-hybridized carbons (Fsp3) is 0.235. The first-order valence-corrected chi connectivity index (χ1v) is 7.19. The molecule has 0 fully saturated rings. The van der Waals surface area contributed by atoms with Crippen molar-refractivity contribution < 1.29 is 14.8 Å². The molecule has 0 bridgehead atoms. The van der Waals surface area contributed by atoms with Crippen LogP contribution in [0.3, 0.4) is 0 Å². The lowest BCUT2D eigenvalue weighted by Crippen LogP contribution is -2.13. The van der Waals surface area contributed by atoms with Gasteiger partial charge >= 0.3 is 0 Å². The van der Waals surface area contributed by atoms with Gasteiger partial charge in [0.25, 0.3) is 11.6 Å². The van der Waals surface area contributed by atoms with Crippen molar-refractivity contribution in [2.45, 2.75) is 26.7 Å². The lowest BCUT2D eigenvalue weighted by molar-refractivity contribution is -0.384. The summed E-state index contributed by atoms with van der Waals surface area (Å²) in [5.41, 5.74) is 2.12. The van der Waals surface area contributed by atoms with Gasteiger partial charge in [0.15, 0.2) is 0 Å². The molecule has 6 heteroatoms. The number of carbonyl (C=O) groups is 1. The first-order valence-electron chi connectivity index (χ1n) is 7.19. The highest BCUT2D eigenvalue weighted by molar-refractivity contribution is 6.06. The third-order valence-corrected chi connectivity index (χ3v) is 3.60. The Morgan fingerprint density at radius 3 is 2.48 bits per heavy atom. The normalized spacial score (nSPS) is 10.6. The van der Waals surface area contributed by atoms with E-state index in [1.807, 2.05) is 13.8 Å². The number of nitro groups is 1. The van der Waals surface area contributed by atoms with Crippen LogP contribution < -0.4 is 5.32 Å². The Bertz CT molecular complexity index is 769. The first kappa shape index (κ1) is 16.5. The molecule has 2 aromatic carbocycles. The van der Waals surface area contributed by atoms with Gasteiger partial charge in [0, 0.05) is 17.8 Å². The number of non-ortho nitro benzene ring substituents is 1. The van der Waals surface area contributed by atoms with Crippen molar-refractivity contribution in [3.63, 3.8) is 0 Å². The minimum absolute atomic E-state index is 0.0369. The minimum Gasteiger partial charge on any atom is -0.507 e. The third kappa shape index (κ3) is 3.66. The van der Waals surface area contributed by atoms with Gasteiger partial charge in [-0.3, -0.25) is 14.9 Å². The largest absolute Gasteiger partial charge is 0.507 e. The minimum atomic E-state index is -0.490. The summed E-state index contributed by atoms with van der Waals surface area (Å²) in [6.45, 7) is 5.66. The number of phenolic OH excluding ortho intramolecular Hbond substituents is 1. The molecule has 2 rings (SSSR count). The number of rotatable bonds is 4. The van der Waals surface area contributed by atoms with Crippen LogP contribution in [0.25, 0.3) is 0 Å². The van der Waals surface area contributed by atoms with Crippen LogP contribution in [0.5, 0.6) is 5.75 Å². The number of hydrogen-bond donors (Lipinski definition) is 2. The topological polar surface area (TPSA) is 92.5 Å². The standard InChI is InChI=1S/C17H18N2O4/c1-10(2)12-4-7-16(20)14(9-12)17(21)18-15-6-5-13(19(22)23)8-11(15)3/h4-10,20H,1-3H3,(H,18,21). The molecule has 0 heterocycles. The maximum absolute atomic E-state index is 12.4. The number of phenols is 1. The number of aryl methyl sites for hydroxylation is 1. The summed E-state index contributed by atoms with van der Waals surface area (Å²) in [6.07, 6.45) is 0. The Morgan fingerprint density at radius 1 is 1.22 bits per heavy atom. The zero-order valence-electron chi connectivity index (χ0n) is 13.2. The van der Waals surface area contributed by atoms with E-state index in [1.165, 1.54) is 24.3 Å². The van der Waals surface area contributed by atoms with Crippen LogP contribution in [-0.4, -0.2) is 15.9 Å². The summed E-state index contributed by atoms with van der Waals surface area (Å²) < 4.78 is 0. The van der Waals surface area contributed by atoms with Gasteiger partial charge in [-0.2, -0.15) is 0 Å². The molecular formula is C17H18N2O4. The van der Waals surface area contributed by atoms with Crippen LogP contribution >= 0.6 is 0 Å². The molecule has 120 valence electrons. The summed E-state index contributed by atoms with van der Waals surface area (Å²) in [5.74, 6) is -0.336. The zero-order chi connectivity index (χ0) is 17.1. The van der Waals surface area contributed by atoms with Crippen molar-refractivity contribution in [2.75, 3.05) is 5.32 Å². The first-order chi connectivity index (χ1) is 10.8. The van der Waals surface area contributed by atoms with Crippen LogP contribution in [0, 0.1) is 17.0 Å². The van der Waals surface area contributed by atoms with E-state index in [-0.39, 0.29) is 22.9 Å². The van der Waals surface area contributed by atoms with Crippen molar-refractivity contribution in [1.29, 1.82) is 0 Å². The summed E-state index contributed by atoms with van der Waals surface area (Å²) in [5, 5.41) is 23.3. The summed E-state index contributed by atoms with van der Waals surface area (Å²) in [6, 6.07) is 9.11. The van der Waals surface area contributed by atoms with Gasteiger partial charge in [-0.1, -0.05) is 19.9 Å². The monoisotopic (exact) mass is 314 g/mol. The average Bonchev–Trinajstić information content (AvgIpc) is 2.49. The molecule has 0 spiro atoms. The fourth-order valence-corrected chi connectivity index (χ4v) is 2.19. The van der Waals surface area contributed by atoms with Gasteiger partial charge in [0.05, 0.1) is 10.5 Å². The predicted octanol–water partition coefficient (Wildman–Crippen LogP) is 3.98. The number of aromatic hydroxyl groups is 1. The van der Waals surface area contributed by atoms with Crippen LogP contribution in [0.1, 0.15) is 41.3 Å². The molecule has 0 saturated heterocycles. The van der Waals surface area contributed by atoms with Gasteiger partial charge in [-0.05, 0) is 42.2 Å². The Balaban J connectivity index is 2.29. The van der Waals surface area contributed by atoms with Gasteiger partial charge in [-0.15, -0.1) is 0 Å². The summed E-state index contributed by atoms with van der Waals surface area (Å²) in [4.78, 5) is 22.6. The molecule has 1 amide bonds. The molecule has 0 aliphatic carbocycles. The van der Waals surface area contributed by atoms with E-state index in [0.29, 0.717) is 11.3 Å². The highest BCUT2D eigenvalue weighted by Gasteiger charge is 2.15. The number of nitro benzene ring substituents is 1. The maximum Gasteiger partial charge on any atom is 0.269 e. The highest BCUT2D eigenvalue weighted by Crippen LogP contribution is 2.26. The number of benzene rings is 2. The SMILES string of the molecule is Cc1cc([N+](=O)[O-])ccc1NC(=O)c1cc(C(C)C)ccc1O. The second kappa shape index (κ2) is 6.48. The molecule has 0 radical (unpaired) electrons. The van der Waals surface area contributed by atoms with E-state index in [2.05, 4.69) is 5.32 Å². The van der Waals surface area contributed by atoms with Gasteiger partial charge in [-0.25, -0.2) is 0 Å². The van der Waals surface area contributed by atoms with Crippen LogP contribution in [-0.2, 0) is 0 Å². The highest BCUT2D eigenvalue weighted by atomic mass is 16.6.